The zero-order chi connectivity index (χ0) is 27.2. The third-order valence-electron chi connectivity index (χ3n) is 6.49. The summed E-state index contributed by atoms with van der Waals surface area (Å²) in [5.74, 6) is 0.133. The summed E-state index contributed by atoms with van der Waals surface area (Å²) in [6.07, 6.45) is 1.66. The fourth-order valence-electron chi connectivity index (χ4n) is 4.68. The summed E-state index contributed by atoms with van der Waals surface area (Å²) in [5.41, 5.74) is 3.23. The van der Waals surface area contributed by atoms with Crippen molar-refractivity contribution in [3.63, 3.8) is 0 Å². The molecule has 2 aromatic heterocycles. The van der Waals surface area contributed by atoms with Crippen LogP contribution in [0.3, 0.4) is 0 Å². The highest BCUT2D eigenvalue weighted by atomic mass is 32.1. The Morgan fingerprint density at radius 2 is 2.03 bits per heavy atom. The molecule has 11 heteroatoms. The molecule has 1 amide bonds. The number of halogens is 1. The van der Waals surface area contributed by atoms with E-state index in [0.29, 0.717) is 42.6 Å². The fraction of sp³-hybridized carbons (Fsp3) is 0.321. The summed E-state index contributed by atoms with van der Waals surface area (Å²) >= 11 is 1.29. The largest absolute Gasteiger partial charge is 0.466 e. The smallest absolute Gasteiger partial charge is 0.310 e. The van der Waals surface area contributed by atoms with Gasteiger partial charge >= 0.3 is 5.97 Å². The summed E-state index contributed by atoms with van der Waals surface area (Å²) in [7, 11) is 0. The standard InChI is InChI=1S/C28H29FN6O3S/c1-2-38-27(37)19-8-6-14-35(16-19)25-21-10-3-4-11-22(21)33-28(34-25)31-13-12-30-26(36)23-24(39-17-32-23)18-7-5-9-20(29)15-18/h3-5,7,9-11,15,17,19H,2,6,8,12-14,16H2,1H3,(H,30,36)(H,31,33,34). The first kappa shape index (κ1) is 26.5. The van der Waals surface area contributed by atoms with Crippen molar-refractivity contribution in [2.75, 3.05) is 43.0 Å². The lowest BCUT2D eigenvalue weighted by Crippen LogP contribution is -2.40. The quantitative estimate of drug-likeness (QED) is 0.232. The van der Waals surface area contributed by atoms with Crippen LogP contribution in [0.2, 0.25) is 0 Å². The molecule has 3 heterocycles. The number of aromatic nitrogens is 3. The Hall–Kier alpha value is -4.12. The number of rotatable bonds is 9. The molecule has 1 atom stereocenters. The van der Waals surface area contributed by atoms with Gasteiger partial charge in [-0.1, -0.05) is 24.3 Å². The molecule has 1 aliphatic rings. The zero-order valence-corrected chi connectivity index (χ0v) is 22.3. The van der Waals surface area contributed by atoms with Crippen LogP contribution in [-0.4, -0.2) is 59.6 Å². The predicted octanol–water partition coefficient (Wildman–Crippen LogP) is 4.51. The number of esters is 1. The van der Waals surface area contributed by atoms with Crippen molar-refractivity contribution in [1.29, 1.82) is 0 Å². The van der Waals surface area contributed by atoms with Crippen molar-refractivity contribution in [3.05, 3.63) is 65.6 Å². The number of ether oxygens (including phenoxy) is 1. The number of thiazole rings is 1. The molecule has 1 unspecified atom stereocenters. The van der Waals surface area contributed by atoms with E-state index in [1.807, 2.05) is 31.2 Å². The molecule has 5 rings (SSSR count). The molecule has 0 bridgehead atoms. The van der Waals surface area contributed by atoms with E-state index in [1.165, 1.54) is 23.5 Å². The van der Waals surface area contributed by atoms with E-state index in [2.05, 4.69) is 25.5 Å². The number of hydrogen-bond acceptors (Lipinski definition) is 9. The van der Waals surface area contributed by atoms with Gasteiger partial charge in [0.15, 0.2) is 0 Å². The highest BCUT2D eigenvalue weighted by molar-refractivity contribution is 7.13. The summed E-state index contributed by atoms with van der Waals surface area (Å²) < 4.78 is 18.9. The first-order chi connectivity index (χ1) is 19.0. The molecule has 0 saturated carbocycles. The molecule has 9 nitrogen and oxygen atoms in total. The number of para-hydroxylation sites is 1. The van der Waals surface area contributed by atoms with Crippen molar-refractivity contribution in [1.82, 2.24) is 20.3 Å². The number of amides is 1. The maximum atomic E-state index is 13.7. The minimum atomic E-state index is -0.368. The van der Waals surface area contributed by atoms with Gasteiger partial charge in [0, 0.05) is 31.6 Å². The molecule has 0 radical (unpaired) electrons. The summed E-state index contributed by atoms with van der Waals surface area (Å²) in [6.45, 7) is 4.19. The van der Waals surface area contributed by atoms with E-state index in [-0.39, 0.29) is 29.3 Å². The highest BCUT2D eigenvalue weighted by Gasteiger charge is 2.28. The molecule has 39 heavy (non-hydrogen) atoms. The van der Waals surface area contributed by atoms with E-state index >= 15 is 0 Å². The second-order valence-corrected chi connectivity index (χ2v) is 10.0. The van der Waals surface area contributed by atoms with Crippen LogP contribution in [0.15, 0.2) is 54.0 Å². The van der Waals surface area contributed by atoms with Gasteiger partial charge in [0.05, 0.1) is 28.4 Å². The van der Waals surface area contributed by atoms with Crippen LogP contribution in [0.1, 0.15) is 30.3 Å². The number of carbonyl (C=O) groups is 2. The maximum Gasteiger partial charge on any atom is 0.310 e. The molecule has 1 saturated heterocycles. The minimum Gasteiger partial charge on any atom is -0.466 e. The number of fused-ring (bicyclic) bond motifs is 1. The number of piperidine rings is 1. The Labute approximate surface area is 229 Å². The van der Waals surface area contributed by atoms with Gasteiger partial charge in [-0.25, -0.2) is 14.4 Å². The molecule has 1 aliphatic heterocycles. The first-order valence-electron chi connectivity index (χ1n) is 12.9. The van der Waals surface area contributed by atoms with E-state index in [4.69, 9.17) is 9.72 Å². The molecular formula is C28H29FN6O3S. The lowest BCUT2D eigenvalue weighted by atomic mass is 9.98. The van der Waals surface area contributed by atoms with Crippen LogP contribution in [0, 0.1) is 11.7 Å². The average Bonchev–Trinajstić information content (AvgIpc) is 3.45. The van der Waals surface area contributed by atoms with Crippen LogP contribution in [0.25, 0.3) is 21.3 Å². The Kier molecular flexibility index (Phi) is 8.26. The van der Waals surface area contributed by atoms with E-state index in [9.17, 15) is 14.0 Å². The van der Waals surface area contributed by atoms with Gasteiger partial charge in [-0.05, 0) is 49.6 Å². The Bertz CT molecular complexity index is 1480. The van der Waals surface area contributed by atoms with Gasteiger partial charge < -0.3 is 20.3 Å². The molecule has 2 aromatic carbocycles. The lowest BCUT2D eigenvalue weighted by Gasteiger charge is -2.33. The van der Waals surface area contributed by atoms with Crippen LogP contribution < -0.4 is 15.5 Å². The van der Waals surface area contributed by atoms with Crippen molar-refractivity contribution in [3.8, 4) is 10.4 Å². The van der Waals surface area contributed by atoms with Crippen LogP contribution >= 0.6 is 11.3 Å². The van der Waals surface area contributed by atoms with Crippen molar-refractivity contribution in [2.24, 2.45) is 5.92 Å². The SMILES string of the molecule is CCOC(=O)C1CCCN(c2nc(NCCNC(=O)c3ncsc3-c3cccc(F)c3)nc3ccccc23)C1. The van der Waals surface area contributed by atoms with Gasteiger partial charge in [-0.3, -0.25) is 9.59 Å². The molecular weight excluding hydrogens is 519 g/mol. The van der Waals surface area contributed by atoms with Gasteiger partial charge in [-0.15, -0.1) is 11.3 Å². The topological polar surface area (TPSA) is 109 Å². The van der Waals surface area contributed by atoms with Gasteiger partial charge in [-0.2, -0.15) is 4.98 Å². The number of benzene rings is 2. The van der Waals surface area contributed by atoms with Crippen molar-refractivity contribution < 1.29 is 18.7 Å². The molecule has 1 fully saturated rings. The minimum absolute atomic E-state index is 0.171. The second kappa shape index (κ2) is 12.2. The molecule has 202 valence electrons. The third kappa shape index (κ3) is 6.14. The normalized spacial score (nSPS) is 15.2. The summed E-state index contributed by atoms with van der Waals surface area (Å²) in [6, 6.07) is 13.9. The number of hydrogen-bond donors (Lipinski definition) is 2. The number of nitrogens with one attached hydrogen (secondary N) is 2. The molecule has 2 N–H and O–H groups in total. The van der Waals surface area contributed by atoms with E-state index < -0.39 is 0 Å². The molecule has 0 aliphatic carbocycles. The Morgan fingerprint density at radius 3 is 2.87 bits per heavy atom. The van der Waals surface area contributed by atoms with E-state index in [0.717, 1.165) is 36.1 Å². The fourth-order valence-corrected chi connectivity index (χ4v) is 5.46. The average molecular weight is 549 g/mol. The lowest BCUT2D eigenvalue weighted by molar-refractivity contribution is -0.148. The highest BCUT2D eigenvalue weighted by Crippen LogP contribution is 2.30. The number of nitrogens with zero attached hydrogens (tertiary/aromatic N) is 4. The van der Waals surface area contributed by atoms with Crippen LogP contribution in [0.4, 0.5) is 16.2 Å². The second-order valence-electron chi connectivity index (χ2n) is 9.15. The van der Waals surface area contributed by atoms with E-state index in [1.54, 1.807) is 17.6 Å². The zero-order valence-electron chi connectivity index (χ0n) is 21.5. The van der Waals surface area contributed by atoms with Gasteiger partial charge in [0.1, 0.15) is 17.3 Å². The summed E-state index contributed by atoms with van der Waals surface area (Å²) in [5, 5.41) is 6.97. The van der Waals surface area contributed by atoms with Crippen molar-refractivity contribution >= 4 is 45.9 Å². The molecule has 4 aromatic rings. The Balaban J connectivity index is 1.25. The first-order valence-corrected chi connectivity index (χ1v) is 13.8. The van der Waals surface area contributed by atoms with Gasteiger partial charge in [0.2, 0.25) is 5.95 Å². The summed E-state index contributed by atoms with van der Waals surface area (Å²) in [4.78, 5) is 41.5. The van der Waals surface area contributed by atoms with Crippen molar-refractivity contribution in [2.45, 2.75) is 19.8 Å². The van der Waals surface area contributed by atoms with Gasteiger partial charge in [0.25, 0.3) is 5.91 Å². The van der Waals surface area contributed by atoms with Crippen LogP contribution in [-0.2, 0) is 9.53 Å². The monoisotopic (exact) mass is 548 g/mol. The third-order valence-corrected chi connectivity index (χ3v) is 7.36. The Morgan fingerprint density at radius 1 is 1.15 bits per heavy atom. The number of carbonyl (C=O) groups excluding carboxylic acids is 2. The maximum absolute atomic E-state index is 13.7. The predicted molar refractivity (Wildman–Crippen MR) is 149 cm³/mol. The molecule has 0 spiro atoms. The number of anilines is 2. The van der Waals surface area contributed by atoms with Crippen LogP contribution in [0.5, 0.6) is 0 Å².